The minimum Gasteiger partial charge on any atom is -0.342 e. The summed E-state index contributed by atoms with van der Waals surface area (Å²) in [5.41, 5.74) is 3.87. The average molecular weight is 307 g/mol. The summed E-state index contributed by atoms with van der Waals surface area (Å²) in [5, 5.41) is 3.05. The number of fused-ring (bicyclic) bond motifs is 1. The zero-order valence-corrected chi connectivity index (χ0v) is 13.7. The molecular formula is C19H21N3O. The molecule has 1 unspecified atom stereocenters. The number of nitrogens with one attached hydrogen (secondary N) is 1. The van der Waals surface area contributed by atoms with Crippen molar-refractivity contribution in [3.63, 3.8) is 0 Å². The number of aromatic nitrogens is 2. The van der Waals surface area contributed by atoms with Crippen molar-refractivity contribution < 1.29 is 4.79 Å². The van der Waals surface area contributed by atoms with Gasteiger partial charge in [0, 0.05) is 12.1 Å². The van der Waals surface area contributed by atoms with Crippen molar-refractivity contribution in [2.24, 2.45) is 0 Å². The lowest BCUT2D eigenvalue weighted by atomic mass is 10.1. The van der Waals surface area contributed by atoms with Crippen LogP contribution in [-0.2, 0) is 6.54 Å². The lowest BCUT2D eigenvalue weighted by molar-refractivity contribution is 0.0937. The van der Waals surface area contributed by atoms with Crippen LogP contribution < -0.4 is 5.32 Å². The van der Waals surface area contributed by atoms with Crippen molar-refractivity contribution in [1.29, 1.82) is 0 Å². The second-order valence-corrected chi connectivity index (χ2v) is 5.76. The molecule has 4 heteroatoms. The third-order valence-electron chi connectivity index (χ3n) is 4.05. The van der Waals surface area contributed by atoms with E-state index in [1.165, 1.54) is 0 Å². The summed E-state index contributed by atoms with van der Waals surface area (Å²) in [5.74, 6) is 0.807. The van der Waals surface area contributed by atoms with Gasteiger partial charge in [0.05, 0.1) is 17.1 Å². The van der Waals surface area contributed by atoms with Crippen LogP contribution in [0.25, 0.3) is 11.0 Å². The zero-order chi connectivity index (χ0) is 16.4. The summed E-state index contributed by atoms with van der Waals surface area (Å²) in [6.45, 7) is 6.89. The van der Waals surface area contributed by atoms with E-state index in [1.54, 1.807) is 0 Å². The minimum atomic E-state index is -0.156. The quantitative estimate of drug-likeness (QED) is 0.795. The topological polar surface area (TPSA) is 46.9 Å². The number of carbonyl (C=O) groups excluding carboxylic acids is 1. The second kappa shape index (κ2) is 6.24. The third-order valence-corrected chi connectivity index (χ3v) is 4.05. The van der Waals surface area contributed by atoms with E-state index < -0.39 is 0 Å². The lowest BCUT2D eigenvalue weighted by Gasteiger charge is -2.15. The van der Waals surface area contributed by atoms with Gasteiger partial charge in [-0.15, -0.1) is 0 Å². The van der Waals surface area contributed by atoms with Gasteiger partial charge in [-0.3, -0.25) is 4.79 Å². The molecule has 0 spiro atoms. The molecule has 1 aromatic heterocycles. The average Bonchev–Trinajstić information content (AvgIpc) is 2.94. The number of hydrogen-bond acceptors (Lipinski definition) is 2. The Morgan fingerprint density at radius 1 is 1.17 bits per heavy atom. The number of aryl methyl sites for hydroxylation is 2. The van der Waals surface area contributed by atoms with Gasteiger partial charge in [-0.1, -0.05) is 29.8 Å². The summed E-state index contributed by atoms with van der Waals surface area (Å²) in [4.78, 5) is 17.1. The van der Waals surface area contributed by atoms with Crippen LogP contribution in [0.1, 0.15) is 41.6 Å². The molecule has 0 saturated heterocycles. The molecular weight excluding hydrogens is 286 g/mol. The Bertz CT molecular complexity index is 833. The van der Waals surface area contributed by atoms with E-state index in [9.17, 15) is 4.79 Å². The van der Waals surface area contributed by atoms with Crippen molar-refractivity contribution in [2.45, 2.75) is 33.4 Å². The fourth-order valence-corrected chi connectivity index (χ4v) is 2.81. The van der Waals surface area contributed by atoms with Crippen LogP contribution in [0, 0.1) is 6.92 Å². The van der Waals surface area contributed by atoms with Gasteiger partial charge < -0.3 is 9.88 Å². The van der Waals surface area contributed by atoms with Gasteiger partial charge in [0.15, 0.2) is 0 Å². The van der Waals surface area contributed by atoms with E-state index >= 15 is 0 Å². The highest BCUT2D eigenvalue weighted by molar-refractivity contribution is 5.94. The van der Waals surface area contributed by atoms with Gasteiger partial charge in [0.2, 0.25) is 0 Å². The molecule has 0 bridgehead atoms. The molecule has 23 heavy (non-hydrogen) atoms. The molecule has 3 rings (SSSR count). The number of para-hydroxylation sites is 2. The molecule has 0 aliphatic carbocycles. The highest BCUT2D eigenvalue weighted by atomic mass is 16.1. The van der Waals surface area contributed by atoms with Gasteiger partial charge in [0.1, 0.15) is 5.82 Å². The Labute approximate surface area is 136 Å². The molecule has 1 N–H and O–H groups in total. The first kappa shape index (κ1) is 15.3. The van der Waals surface area contributed by atoms with Crippen LogP contribution in [0.2, 0.25) is 0 Å². The summed E-state index contributed by atoms with van der Waals surface area (Å²) in [7, 11) is 0. The van der Waals surface area contributed by atoms with E-state index in [2.05, 4.69) is 22.9 Å². The molecule has 2 aromatic carbocycles. The van der Waals surface area contributed by atoms with Crippen LogP contribution >= 0.6 is 0 Å². The minimum absolute atomic E-state index is 0.0767. The maximum absolute atomic E-state index is 12.4. The summed E-state index contributed by atoms with van der Waals surface area (Å²) >= 11 is 0. The van der Waals surface area contributed by atoms with Crippen molar-refractivity contribution in [3.05, 3.63) is 65.5 Å². The van der Waals surface area contributed by atoms with E-state index in [0.717, 1.165) is 29.0 Å². The van der Waals surface area contributed by atoms with E-state index in [1.807, 2.05) is 56.3 Å². The smallest absolute Gasteiger partial charge is 0.251 e. The molecule has 0 fully saturated rings. The lowest BCUT2D eigenvalue weighted by Crippen LogP contribution is -2.28. The number of hydrogen-bond donors (Lipinski definition) is 1. The predicted molar refractivity (Wildman–Crippen MR) is 92.5 cm³/mol. The van der Waals surface area contributed by atoms with Gasteiger partial charge in [0.25, 0.3) is 5.91 Å². The predicted octanol–water partition coefficient (Wildman–Crippen LogP) is 3.86. The first-order chi connectivity index (χ1) is 11.1. The number of amides is 1. The number of benzene rings is 2. The maximum Gasteiger partial charge on any atom is 0.251 e. The molecule has 0 saturated carbocycles. The highest BCUT2D eigenvalue weighted by Crippen LogP contribution is 2.21. The summed E-state index contributed by atoms with van der Waals surface area (Å²) in [6.07, 6.45) is 0. The van der Waals surface area contributed by atoms with Crippen molar-refractivity contribution in [3.8, 4) is 0 Å². The second-order valence-electron chi connectivity index (χ2n) is 5.76. The molecule has 4 nitrogen and oxygen atoms in total. The Kier molecular flexibility index (Phi) is 4.15. The first-order valence-corrected chi connectivity index (χ1v) is 7.93. The third kappa shape index (κ3) is 2.97. The summed E-state index contributed by atoms with van der Waals surface area (Å²) < 4.78 is 2.15. The van der Waals surface area contributed by atoms with Crippen LogP contribution in [-0.4, -0.2) is 15.5 Å². The molecule has 1 amide bonds. The number of carbonyl (C=O) groups is 1. The largest absolute Gasteiger partial charge is 0.342 e. The molecule has 3 aromatic rings. The van der Waals surface area contributed by atoms with Crippen molar-refractivity contribution in [1.82, 2.24) is 14.9 Å². The van der Waals surface area contributed by atoms with E-state index in [4.69, 9.17) is 4.98 Å². The normalized spacial score (nSPS) is 12.3. The van der Waals surface area contributed by atoms with Crippen molar-refractivity contribution in [2.75, 3.05) is 0 Å². The molecule has 0 aliphatic heterocycles. The van der Waals surface area contributed by atoms with Crippen LogP contribution in [0.3, 0.4) is 0 Å². The van der Waals surface area contributed by atoms with Gasteiger partial charge in [-0.2, -0.15) is 0 Å². The Hall–Kier alpha value is -2.62. The first-order valence-electron chi connectivity index (χ1n) is 7.93. The monoisotopic (exact) mass is 307 g/mol. The zero-order valence-electron chi connectivity index (χ0n) is 13.7. The van der Waals surface area contributed by atoms with Crippen LogP contribution in [0.15, 0.2) is 48.5 Å². The number of nitrogens with zero attached hydrogens (tertiary/aromatic N) is 2. The molecule has 118 valence electrons. The van der Waals surface area contributed by atoms with E-state index in [-0.39, 0.29) is 11.9 Å². The van der Waals surface area contributed by atoms with Crippen molar-refractivity contribution >= 4 is 16.9 Å². The van der Waals surface area contributed by atoms with Gasteiger partial charge in [-0.25, -0.2) is 4.98 Å². The van der Waals surface area contributed by atoms with Gasteiger partial charge >= 0.3 is 0 Å². The molecule has 1 heterocycles. The fourth-order valence-electron chi connectivity index (χ4n) is 2.81. The molecule has 1 atom stereocenters. The fraction of sp³-hybridized carbons (Fsp3) is 0.263. The van der Waals surface area contributed by atoms with Crippen LogP contribution in [0.4, 0.5) is 0 Å². The van der Waals surface area contributed by atoms with E-state index in [0.29, 0.717) is 5.56 Å². The maximum atomic E-state index is 12.4. The summed E-state index contributed by atoms with van der Waals surface area (Å²) in [6, 6.07) is 15.5. The standard InChI is InChI=1S/C19H21N3O/c1-4-22-17-8-6-5-7-16(17)21-18(22)14(3)20-19(23)15-11-9-13(2)10-12-15/h5-12,14H,4H2,1-3H3,(H,20,23). The number of imidazole rings is 1. The van der Waals surface area contributed by atoms with Crippen LogP contribution in [0.5, 0.6) is 0 Å². The molecule has 0 aliphatic rings. The Morgan fingerprint density at radius 2 is 1.87 bits per heavy atom. The SMILES string of the molecule is CCn1c(C(C)NC(=O)c2ccc(C)cc2)nc2ccccc21. The highest BCUT2D eigenvalue weighted by Gasteiger charge is 2.18. The Balaban J connectivity index is 1.87. The molecule has 0 radical (unpaired) electrons. The number of rotatable bonds is 4. The Morgan fingerprint density at radius 3 is 2.57 bits per heavy atom. The van der Waals surface area contributed by atoms with Gasteiger partial charge in [-0.05, 0) is 45.0 Å².